The van der Waals surface area contributed by atoms with Crippen molar-refractivity contribution in [2.45, 2.75) is 25.3 Å². The van der Waals surface area contributed by atoms with Gasteiger partial charge in [-0.25, -0.2) is 0 Å². The summed E-state index contributed by atoms with van der Waals surface area (Å²) in [7, 11) is 6.24. The van der Waals surface area contributed by atoms with Crippen LogP contribution < -0.4 is 0 Å². The summed E-state index contributed by atoms with van der Waals surface area (Å²) in [5, 5.41) is 0. The summed E-state index contributed by atoms with van der Waals surface area (Å²) < 4.78 is 0. The van der Waals surface area contributed by atoms with Crippen molar-refractivity contribution >= 4 is 5.91 Å². The number of amides is 1. The molecular weight excluding hydrogens is 252 g/mol. The number of piperazine rings is 1. The van der Waals surface area contributed by atoms with Crippen LogP contribution in [0.4, 0.5) is 0 Å². The van der Waals surface area contributed by atoms with E-state index in [2.05, 4.69) is 26.6 Å². The first-order chi connectivity index (χ1) is 9.56. The molecule has 0 spiro atoms. The lowest BCUT2D eigenvalue weighted by Crippen LogP contribution is -2.54. The Balaban J connectivity index is 1.70. The number of nitrogens with zero attached hydrogens (tertiary/aromatic N) is 4. The van der Waals surface area contributed by atoms with Crippen molar-refractivity contribution in [1.29, 1.82) is 0 Å². The summed E-state index contributed by atoms with van der Waals surface area (Å²) >= 11 is 0. The monoisotopic (exact) mass is 282 g/mol. The van der Waals surface area contributed by atoms with E-state index >= 15 is 0 Å². The molecule has 2 aliphatic rings. The van der Waals surface area contributed by atoms with Gasteiger partial charge in [-0.3, -0.25) is 9.69 Å². The number of rotatable bonds is 4. The van der Waals surface area contributed by atoms with Crippen molar-refractivity contribution < 1.29 is 4.79 Å². The van der Waals surface area contributed by atoms with Crippen LogP contribution in [0.5, 0.6) is 0 Å². The van der Waals surface area contributed by atoms with Crippen LogP contribution in [0.25, 0.3) is 0 Å². The smallest absolute Gasteiger partial charge is 0.223 e. The van der Waals surface area contributed by atoms with E-state index in [1.807, 2.05) is 14.1 Å². The molecule has 20 heavy (non-hydrogen) atoms. The lowest BCUT2D eigenvalue weighted by molar-refractivity contribution is -0.133. The third kappa shape index (κ3) is 4.43. The van der Waals surface area contributed by atoms with Crippen LogP contribution >= 0.6 is 0 Å². The van der Waals surface area contributed by atoms with Gasteiger partial charge in [0.1, 0.15) is 0 Å². The lowest BCUT2D eigenvalue weighted by atomic mass is 10.0. The van der Waals surface area contributed by atoms with Gasteiger partial charge in [0.15, 0.2) is 0 Å². The molecule has 2 rings (SSSR count). The highest BCUT2D eigenvalue weighted by Gasteiger charge is 2.27. The second kappa shape index (κ2) is 7.38. The molecule has 0 N–H and O–H groups in total. The molecule has 0 atom stereocenters. The van der Waals surface area contributed by atoms with Crippen molar-refractivity contribution in [3.8, 4) is 0 Å². The minimum absolute atomic E-state index is 0.321. The Hall–Kier alpha value is -0.650. The number of carbonyl (C=O) groups is 1. The summed E-state index contributed by atoms with van der Waals surface area (Å²) in [6.45, 7) is 7.23. The van der Waals surface area contributed by atoms with Gasteiger partial charge in [-0.2, -0.15) is 0 Å². The van der Waals surface area contributed by atoms with Gasteiger partial charge < -0.3 is 14.7 Å². The molecule has 2 heterocycles. The zero-order valence-corrected chi connectivity index (χ0v) is 13.3. The highest BCUT2D eigenvalue weighted by Crippen LogP contribution is 2.17. The Labute approximate surface area is 123 Å². The van der Waals surface area contributed by atoms with Gasteiger partial charge in [-0.15, -0.1) is 0 Å². The Kier molecular flexibility index (Phi) is 5.81. The van der Waals surface area contributed by atoms with Crippen LogP contribution in [0.2, 0.25) is 0 Å². The Morgan fingerprint density at radius 2 is 1.65 bits per heavy atom. The van der Waals surface area contributed by atoms with E-state index in [1.165, 1.54) is 25.9 Å². The molecule has 0 radical (unpaired) electrons. The molecule has 2 aliphatic heterocycles. The summed E-state index contributed by atoms with van der Waals surface area (Å²) in [5.41, 5.74) is 0. The average Bonchev–Trinajstić information content (AvgIpc) is 2.46. The van der Waals surface area contributed by atoms with Gasteiger partial charge in [-0.1, -0.05) is 0 Å². The molecule has 1 amide bonds. The van der Waals surface area contributed by atoms with E-state index in [1.54, 1.807) is 0 Å². The summed E-state index contributed by atoms with van der Waals surface area (Å²) in [6, 6.07) is 0.741. The molecular formula is C15H30N4O. The predicted molar refractivity (Wildman–Crippen MR) is 81.8 cm³/mol. The average molecular weight is 282 g/mol. The van der Waals surface area contributed by atoms with Gasteiger partial charge in [0.2, 0.25) is 5.91 Å². The first-order valence-corrected chi connectivity index (χ1v) is 7.91. The van der Waals surface area contributed by atoms with Crippen molar-refractivity contribution in [3.63, 3.8) is 0 Å². The Morgan fingerprint density at radius 1 is 1.05 bits per heavy atom. The van der Waals surface area contributed by atoms with Crippen LogP contribution in [-0.4, -0.2) is 98.5 Å². The van der Waals surface area contributed by atoms with Gasteiger partial charge in [0.05, 0.1) is 0 Å². The number of likely N-dealkylation sites (tertiary alicyclic amines) is 1. The van der Waals surface area contributed by atoms with E-state index in [-0.39, 0.29) is 0 Å². The Bertz CT molecular complexity index is 305. The quantitative estimate of drug-likeness (QED) is 0.736. The first-order valence-electron chi connectivity index (χ1n) is 7.91. The maximum Gasteiger partial charge on any atom is 0.223 e. The fourth-order valence-corrected chi connectivity index (χ4v) is 3.17. The van der Waals surface area contributed by atoms with E-state index in [9.17, 15) is 4.79 Å². The standard InChI is InChI=1S/C15H30N4O/c1-16(2)7-6-15(20)19-12-10-18(11-13-19)14-4-8-17(3)9-5-14/h14H,4-13H2,1-3H3. The molecule has 2 fully saturated rings. The highest BCUT2D eigenvalue weighted by molar-refractivity contribution is 5.76. The molecule has 0 bridgehead atoms. The van der Waals surface area contributed by atoms with Crippen LogP contribution in [0.3, 0.4) is 0 Å². The minimum atomic E-state index is 0.321. The predicted octanol–water partition coefficient (Wildman–Crippen LogP) is 0.177. The summed E-state index contributed by atoms with van der Waals surface area (Å²) in [6.07, 6.45) is 3.22. The van der Waals surface area contributed by atoms with E-state index in [0.717, 1.165) is 38.8 Å². The molecule has 0 aromatic carbocycles. The molecule has 0 aromatic heterocycles. The second-order valence-corrected chi connectivity index (χ2v) is 6.50. The molecule has 0 saturated carbocycles. The van der Waals surface area contributed by atoms with Gasteiger partial charge in [0.25, 0.3) is 0 Å². The van der Waals surface area contributed by atoms with Crippen LogP contribution in [0, 0.1) is 0 Å². The zero-order valence-electron chi connectivity index (χ0n) is 13.3. The number of hydrogen-bond donors (Lipinski definition) is 0. The normalized spacial score (nSPS) is 23.5. The van der Waals surface area contributed by atoms with Crippen LogP contribution in [-0.2, 0) is 4.79 Å². The SMILES string of the molecule is CN(C)CCC(=O)N1CCN(C2CCN(C)CC2)CC1. The Morgan fingerprint density at radius 3 is 2.20 bits per heavy atom. The van der Waals surface area contributed by atoms with Gasteiger partial charge >= 0.3 is 0 Å². The molecule has 2 saturated heterocycles. The maximum atomic E-state index is 12.1. The van der Waals surface area contributed by atoms with Gasteiger partial charge in [-0.05, 0) is 47.1 Å². The summed E-state index contributed by atoms with van der Waals surface area (Å²) in [5.74, 6) is 0.321. The van der Waals surface area contributed by atoms with Crippen LogP contribution in [0.15, 0.2) is 0 Å². The fourth-order valence-electron chi connectivity index (χ4n) is 3.17. The van der Waals surface area contributed by atoms with E-state index in [4.69, 9.17) is 0 Å². The zero-order chi connectivity index (χ0) is 14.5. The van der Waals surface area contributed by atoms with E-state index < -0.39 is 0 Å². The molecule has 5 nitrogen and oxygen atoms in total. The molecule has 0 aromatic rings. The highest BCUT2D eigenvalue weighted by atomic mass is 16.2. The van der Waals surface area contributed by atoms with Gasteiger partial charge in [0, 0.05) is 45.2 Å². The number of hydrogen-bond acceptors (Lipinski definition) is 4. The molecule has 0 aliphatic carbocycles. The third-order valence-electron chi connectivity index (χ3n) is 4.64. The minimum Gasteiger partial charge on any atom is -0.340 e. The van der Waals surface area contributed by atoms with Crippen molar-refractivity contribution in [2.75, 3.05) is 67.0 Å². The molecule has 0 unspecified atom stereocenters. The lowest BCUT2D eigenvalue weighted by Gasteiger charge is -2.42. The van der Waals surface area contributed by atoms with Crippen molar-refractivity contribution in [2.24, 2.45) is 0 Å². The molecule has 5 heteroatoms. The topological polar surface area (TPSA) is 30.0 Å². The van der Waals surface area contributed by atoms with E-state index in [0.29, 0.717) is 12.3 Å². The maximum absolute atomic E-state index is 12.1. The second-order valence-electron chi connectivity index (χ2n) is 6.50. The largest absolute Gasteiger partial charge is 0.340 e. The van der Waals surface area contributed by atoms with Crippen LogP contribution in [0.1, 0.15) is 19.3 Å². The number of piperidine rings is 1. The third-order valence-corrected chi connectivity index (χ3v) is 4.64. The number of carbonyl (C=O) groups excluding carboxylic acids is 1. The summed E-state index contributed by atoms with van der Waals surface area (Å²) in [4.78, 5) is 21.2. The van der Waals surface area contributed by atoms with Crippen molar-refractivity contribution in [3.05, 3.63) is 0 Å². The first kappa shape index (κ1) is 15.7. The molecule has 116 valence electrons. The fraction of sp³-hybridized carbons (Fsp3) is 0.933. The van der Waals surface area contributed by atoms with Crippen molar-refractivity contribution in [1.82, 2.24) is 19.6 Å².